The highest BCUT2D eigenvalue weighted by Gasteiger charge is 2.23. The number of fused-ring (bicyclic) bond motifs is 1. The molecule has 2 aromatic carbocycles. The minimum absolute atomic E-state index is 0.0798. The topological polar surface area (TPSA) is 73.2 Å². The third-order valence-corrected chi connectivity index (χ3v) is 6.78. The van der Waals surface area contributed by atoms with E-state index in [1.165, 1.54) is 11.8 Å². The average molecular weight is 454 g/mol. The van der Waals surface area contributed by atoms with E-state index in [0.717, 1.165) is 29.2 Å². The van der Waals surface area contributed by atoms with E-state index in [4.69, 9.17) is 9.72 Å². The van der Waals surface area contributed by atoms with Gasteiger partial charge in [-0.15, -0.1) is 11.8 Å². The Bertz CT molecular complexity index is 1120. The summed E-state index contributed by atoms with van der Waals surface area (Å²) < 4.78 is 7.11. The first kappa shape index (κ1) is 21.5. The molecule has 0 radical (unpaired) electrons. The number of hydrogen-bond donors (Lipinski definition) is 1. The summed E-state index contributed by atoms with van der Waals surface area (Å²) in [4.78, 5) is 31.0. The number of hydrogen-bond acceptors (Lipinski definition) is 6. The van der Waals surface area contributed by atoms with Crippen LogP contribution in [-0.2, 0) is 17.8 Å². The number of carbonyl (C=O) groups excluding carboxylic acids is 1. The van der Waals surface area contributed by atoms with E-state index in [2.05, 4.69) is 5.32 Å². The molecular formula is C23H23N3O3S2. The zero-order valence-corrected chi connectivity index (χ0v) is 18.8. The van der Waals surface area contributed by atoms with Crippen molar-refractivity contribution in [2.75, 3.05) is 18.1 Å². The van der Waals surface area contributed by atoms with Crippen LogP contribution < -0.4 is 15.6 Å². The van der Waals surface area contributed by atoms with Gasteiger partial charge in [0.1, 0.15) is 5.75 Å². The summed E-state index contributed by atoms with van der Waals surface area (Å²) in [6.07, 6.45) is 0.771. The predicted octanol–water partition coefficient (Wildman–Crippen LogP) is 3.69. The van der Waals surface area contributed by atoms with Gasteiger partial charge in [-0.05, 0) is 36.8 Å². The molecule has 8 heteroatoms. The van der Waals surface area contributed by atoms with E-state index in [-0.39, 0.29) is 17.2 Å². The third-order valence-electron chi connectivity index (χ3n) is 4.74. The molecule has 1 aliphatic rings. The first-order chi connectivity index (χ1) is 15.2. The van der Waals surface area contributed by atoms with Crippen molar-refractivity contribution in [1.82, 2.24) is 14.9 Å². The second kappa shape index (κ2) is 10.1. The van der Waals surface area contributed by atoms with E-state index in [1.807, 2.05) is 61.5 Å². The van der Waals surface area contributed by atoms with Gasteiger partial charge in [-0.25, -0.2) is 4.98 Å². The Morgan fingerprint density at radius 2 is 1.97 bits per heavy atom. The summed E-state index contributed by atoms with van der Waals surface area (Å²) in [6, 6.07) is 17.1. The Labute approximate surface area is 189 Å². The summed E-state index contributed by atoms with van der Waals surface area (Å²) in [6.45, 7) is 2.98. The molecule has 0 saturated heterocycles. The normalized spacial score (nSPS) is 12.4. The molecule has 6 nitrogen and oxygen atoms in total. The highest BCUT2D eigenvalue weighted by Crippen LogP contribution is 2.30. The van der Waals surface area contributed by atoms with E-state index in [9.17, 15) is 9.59 Å². The maximum atomic E-state index is 13.2. The molecule has 0 spiro atoms. The second-order valence-corrected chi connectivity index (χ2v) is 8.93. The van der Waals surface area contributed by atoms with Crippen molar-refractivity contribution < 1.29 is 9.53 Å². The maximum absolute atomic E-state index is 13.2. The number of aromatic nitrogens is 2. The zero-order chi connectivity index (χ0) is 21.6. The Kier molecular flexibility index (Phi) is 6.99. The fourth-order valence-electron chi connectivity index (χ4n) is 3.25. The van der Waals surface area contributed by atoms with Crippen molar-refractivity contribution in [2.45, 2.75) is 29.9 Å². The largest absolute Gasteiger partial charge is 0.494 e. The number of aryl methyl sites for hydroxylation is 1. The van der Waals surface area contributed by atoms with E-state index in [0.29, 0.717) is 28.9 Å². The van der Waals surface area contributed by atoms with Crippen LogP contribution in [0.25, 0.3) is 5.69 Å². The van der Waals surface area contributed by atoms with E-state index < -0.39 is 0 Å². The molecule has 1 aliphatic heterocycles. The van der Waals surface area contributed by atoms with Gasteiger partial charge < -0.3 is 10.1 Å². The van der Waals surface area contributed by atoms with Crippen molar-refractivity contribution >= 4 is 29.4 Å². The van der Waals surface area contributed by atoms with Crippen LogP contribution in [-0.4, -0.2) is 33.6 Å². The summed E-state index contributed by atoms with van der Waals surface area (Å²) in [5.41, 5.74) is 2.50. The molecule has 0 fully saturated rings. The van der Waals surface area contributed by atoms with Crippen LogP contribution in [0.1, 0.15) is 18.2 Å². The average Bonchev–Trinajstić information content (AvgIpc) is 3.27. The predicted molar refractivity (Wildman–Crippen MR) is 124 cm³/mol. The smallest absolute Gasteiger partial charge is 0.272 e. The quantitative estimate of drug-likeness (QED) is 0.414. The number of nitrogens with zero attached hydrogens (tertiary/aromatic N) is 2. The number of nitrogens with one attached hydrogen (secondary N) is 1. The molecule has 3 aromatic rings. The number of ether oxygens (including phenoxy) is 1. The molecule has 1 N–H and O–H groups in total. The van der Waals surface area contributed by atoms with Crippen LogP contribution in [0.4, 0.5) is 0 Å². The first-order valence-electron chi connectivity index (χ1n) is 10.1. The monoisotopic (exact) mass is 453 g/mol. The van der Waals surface area contributed by atoms with Crippen LogP contribution in [0.15, 0.2) is 69.4 Å². The lowest BCUT2D eigenvalue weighted by atomic mass is 10.2. The third kappa shape index (κ3) is 5.14. The lowest BCUT2D eigenvalue weighted by molar-refractivity contribution is -0.118. The van der Waals surface area contributed by atoms with Gasteiger partial charge in [0.15, 0.2) is 5.16 Å². The van der Waals surface area contributed by atoms with Gasteiger partial charge in [-0.3, -0.25) is 14.2 Å². The molecule has 4 rings (SSSR count). The van der Waals surface area contributed by atoms with Crippen molar-refractivity contribution in [3.05, 3.63) is 76.2 Å². The highest BCUT2D eigenvalue weighted by atomic mass is 32.2. The first-order valence-corrected chi connectivity index (χ1v) is 12.1. The molecule has 1 amide bonds. The fourth-order valence-corrected chi connectivity index (χ4v) is 5.14. The molecule has 1 aromatic heterocycles. The molecule has 0 atom stereocenters. The van der Waals surface area contributed by atoms with E-state index >= 15 is 0 Å². The Morgan fingerprint density at radius 3 is 2.71 bits per heavy atom. The number of amides is 1. The molecular weight excluding hydrogens is 430 g/mol. The summed E-state index contributed by atoms with van der Waals surface area (Å²) >= 11 is 2.82. The Hall–Kier alpha value is -2.71. The van der Waals surface area contributed by atoms with Crippen molar-refractivity contribution in [3.8, 4) is 11.4 Å². The number of thioether (sulfide) groups is 2. The molecule has 0 unspecified atom stereocenters. The van der Waals surface area contributed by atoms with Crippen LogP contribution >= 0.6 is 23.5 Å². The van der Waals surface area contributed by atoms with Gasteiger partial charge in [-0.2, -0.15) is 0 Å². The van der Waals surface area contributed by atoms with Gasteiger partial charge >= 0.3 is 0 Å². The van der Waals surface area contributed by atoms with Crippen LogP contribution in [0.2, 0.25) is 0 Å². The van der Waals surface area contributed by atoms with E-state index in [1.54, 1.807) is 16.3 Å². The lowest BCUT2D eigenvalue weighted by Gasteiger charge is -2.14. The lowest BCUT2D eigenvalue weighted by Crippen LogP contribution is -2.27. The fraction of sp³-hybridized carbons (Fsp3) is 0.261. The molecule has 0 aliphatic carbocycles. The number of carbonyl (C=O) groups is 1. The molecule has 2 heterocycles. The van der Waals surface area contributed by atoms with Crippen molar-refractivity contribution in [2.24, 2.45) is 0 Å². The summed E-state index contributed by atoms with van der Waals surface area (Å²) in [5, 5.41) is 3.45. The van der Waals surface area contributed by atoms with Crippen LogP contribution in [0.5, 0.6) is 5.75 Å². The minimum atomic E-state index is -0.101. The van der Waals surface area contributed by atoms with Gasteiger partial charge in [-0.1, -0.05) is 42.1 Å². The molecule has 0 bridgehead atoms. The van der Waals surface area contributed by atoms with Crippen LogP contribution in [0, 0.1) is 0 Å². The molecule has 160 valence electrons. The molecule has 31 heavy (non-hydrogen) atoms. The SMILES string of the molecule is CCOc1ccc(-n2c(SCC(=O)NCc3ccccc3)nc3c(c2=O)SCC3)cc1. The summed E-state index contributed by atoms with van der Waals surface area (Å²) in [5.74, 6) is 1.68. The minimum Gasteiger partial charge on any atom is -0.494 e. The number of benzene rings is 2. The van der Waals surface area contributed by atoms with Gasteiger partial charge in [0.05, 0.1) is 28.6 Å². The van der Waals surface area contributed by atoms with Crippen LogP contribution in [0.3, 0.4) is 0 Å². The Morgan fingerprint density at radius 1 is 1.19 bits per heavy atom. The summed E-state index contributed by atoms with van der Waals surface area (Å²) in [7, 11) is 0. The van der Waals surface area contributed by atoms with Gasteiger partial charge in [0, 0.05) is 18.7 Å². The zero-order valence-electron chi connectivity index (χ0n) is 17.2. The number of rotatable bonds is 8. The standard InChI is InChI=1S/C23H23N3O3S2/c1-2-29-18-10-8-17(9-11-18)26-22(28)21-19(12-13-30-21)25-23(26)31-15-20(27)24-14-16-6-4-3-5-7-16/h3-11H,2,12-15H2,1H3,(H,24,27). The highest BCUT2D eigenvalue weighted by molar-refractivity contribution is 8.00. The Balaban J connectivity index is 1.54. The second-order valence-electron chi connectivity index (χ2n) is 6.89. The van der Waals surface area contributed by atoms with Gasteiger partial charge in [0.2, 0.25) is 5.91 Å². The van der Waals surface area contributed by atoms with Crippen molar-refractivity contribution in [3.63, 3.8) is 0 Å². The van der Waals surface area contributed by atoms with Crippen molar-refractivity contribution in [1.29, 1.82) is 0 Å². The molecule has 0 saturated carbocycles. The maximum Gasteiger partial charge on any atom is 0.272 e. The van der Waals surface area contributed by atoms with Gasteiger partial charge in [0.25, 0.3) is 5.56 Å².